The highest BCUT2D eigenvalue weighted by atomic mass is 35.5. The lowest BCUT2D eigenvalue weighted by Gasteiger charge is -2.28. The molecule has 1 aromatic heterocycles. The van der Waals surface area contributed by atoms with E-state index < -0.39 is 10.0 Å². The third kappa shape index (κ3) is 5.74. The molecule has 0 fully saturated rings. The Morgan fingerprint density at radius 2 is 1.97 bits per heavy atom. The molecule has 29 heavy (non-hydrogen) atoms. The number of aromatic nitrogens is 1. The zero-order chi connectivity index (χ0) is 21.0. The van der Waals surface area contributed by atoms with Gasteiger partial charge in [-0.05, 0) is 42.2 Å². The van der Waals surface area contributed by atoms with Crippen LogP contribution in [0.15, 0.2) is 30.3 Å². The average molecular weight is 457 g/mol. The van der Waals surface area contributed by atoms with Gasteiger partial charge in [-0.1, -0.05) is 35.3 Å². The number of rotatable bonds is 6. The SMILES string of the molecule is CS(=O)(=O)N1CCCc2ccc(CCNC(=O)NCc3ccc(Cl)c(Cl)c3)nc21. The topological polar surface area (TPSA) is 91.4 Å². The van der Waals surface area contributed by atoms with Gasteiger partial charge in [-0.2, -0.15) is 0 Å². The molecule has 0 unspecified atom stereocenters. The Hall–Kier alpha value is -2.03. The Morgan fingerprint density at radius 3 is 2.69 bits per heavy atom. The van der Waals surface area contributed by atoms with Crippen molar-refractivity contribution >= 4 is 45.1 Å². The fraction of sp³-hybridized carbons (Fsp3) is 0.368. The van der Waals surface area contributed by atoms with Crippen LogP contribution >= 0.6 is 23.2 Å². The minimum absolute atomic E-state index is 0.313. The molecule has 3 rings (SSSR count). The minimum Gasteiger partial charge on any atom is -0.338 e. The maximum Gasteiger partial charge on any atom is 0.315 e. The van der Waals surface area contributed by atoms with Gasteiger partial charge in [0, 0.05) is 31.7 Å². The minimum atomic E-state index is -3.36. The molecule has 7 nitrogen and oxygen atoms in total. The van der Waals surface area contributed by atoms with Crippen LogP contribution in [0.25, 0.3) is 0 Å². The van der Waals surface area contributed by atoms with Crippen LogP contribution in [-0.2, 0) is 29.4 Å². The molecule has 2 amide bonds. The molecule has 2 heterocycles. The number of aryl methyl sites for hydroxylation is 1. The Bertz CT molecular complexity index is 1010. The number of halogens is 2. The van der Waals surface area contributed by atoms with Gasteiger partial charge < -0.3 is 10.6 Å². The van der Waals surface area contributed by atoms with Crippen molar-refractivity contribution in [3.8, 4) is 0 Å². The Morgan fingerprint density at radius 1 is 1.17 bits per heavy atom. The van der Waals surface area contributed by atoms with Crippen LogP contribution in [0, 0.1) is 0 Å². The van der Waals surface area contributed by atoms with Crippen molar-refractivity contribution in [3.05, 3.63) is 57.2 Å². The number of hydrogen-bond acceptors (Lipinski definition) is 4. The third-order valence-corrected chi connectivity index (χ3v) is 6.46. The lowest BCUT2D eigenvalue weighted by molar-refractivity contribution is 0.240. The summed E-state index contributed by atoms with van der Waals surface area (Å²) in [4.78, 5) is 16.5. The molecule has 0 saturated carbocycles. The zero-order valence-electron chi connectivity index (χ0n) is 15.9. The van der Waals surface area contributed by atoms with Gasteiger partial charge in [-0.15, -0.1) is 0 Å². The fourth-order valence-electron chi connectivity index (χ4n) is 3.11. The van der Waals surface area contributed by atoms with E-state index in [1.54, 1.807) is 18.2 Å². The van der Waals surface area contributed by atoms with Gasteiger partial charge in [0.15, 0.2) is 0 Å². The van der Waals surface area contributed by atoms with Crippen LogP contribution in [0.4, 0.5) is 10.6 Å². The number of fused-ring (bicyclic) bond motifs is 1. The molecular weight excluding hydrogens is 435 g/mol. The Kier molecular flexibility index (Phi) is 6.87. The van der Waals surface area contributed by atoms with E-state index in [2.05, 4.69) is 15.6 Å². The molecule has 0 atom stereocenters. The van der Waals surface area contributed by atoms with Crippen molar-refractivity contribution in [1.82, 2.24) is 15.6 Å². The van der Waals surface area contributed by atoms with Crippen molar-refractivity contribution in [1.29, 1.82) is 0 Å². The van der Waals surface area contributed by atoms with Crippen LogP contribution in [0.3, 0.4) is 0 Å². The average Bonchev–Trinajstić information content (AvgIpc) is 2.67. The molecule has 1 aromatic carbocycles. The number of benzene rings is 1. The number of urea groups is 1. The first-order valence-corrected chi connectivity index (χ1v) is 11.8. The number of nitrogens with one attached hydrogen (secondary N) is 2. The highest BCUT2D eigenvalue weighted by molar-refractivity contribution is 7.92. The molecule has 0 aliphatic carbocycles. The number of anilines is 1. The Labute approximate surface area is 180 Å². The predicted octanol–water partition coefficient (Wildman–Crippen LogP) is 3.14. The lowest BCUT2D eigenvalue weighted by Crippen LogP contribution is -2.37. The third-order valence-electron chi connectivity index (χ3n) is 4.56. The van der Waals surface area contributed by atoms with E-state index in [4.69, 9.17) is 23.2 Å². The van der Waals surface area contributed by atoms with Crippen molar-refractivity contribution in [2.45, 2.75) is 25.8 Å². The summed E-state index contributed by atoms with van der Waals surface area (Å²) in [6, 6.07) is 8.65. The summed E-state index contributed by atoms with van der Waals surface area (Å²) in [6.07, 6.45) is 3.27. The standard InChI is InChI=1S/C19H22Cl2N4O3S/c1-29(27,28)25-10-2-3-14-5-6-15(24-18(14)25)8-9-22-19(26)23-12-13-4-7-16(20)17(21)11-13/h4-7,11H,2-3,8-10,12H2,1H3,(H2,22,23,26). The van der Waals surface area contributed by atoms with Crippen LogP contribution in [0.2, 0.25) is 10.0 Å². The fourth-order valence-corrected chi connectivity index (χ4v) is 4.36. The van der Waals surface area contributed by atoms with Gasteiger partial charge in [0.1, 0.15) is 5.82 Å². The van der Waals surface area contributed by atoms with Gasteiger partial charge in [0.05, 0.1) is 16.3 Å². The molecular formula is C19H22Cl2N4O3S. The van der Waals surface area contributed by atoms with Crippen LogP contribution in [-0.4, -0.2) is 38.8 Å². The van der Waals surface area contributed by atoms with E-state index in [0.717, 1.165) is 29.7 Å². The van der Waals surface area contributed by atoms with Gasteiger partial charge in [-0.3, -0.25) is 4.31 Å². The van der Waals surface area contributed by atoms with E-state index >= 15 is 0 Å². The summed E-state index contributed by atoms with van der Waals surface area (Å²) in [6.45, 7) is 1.14. The predicted molar refractivity (Wildman–Crippen MR) is 115 cm³/mol. The molecule has 0 saturated heterocycles. The smallest absolute Gasteiger partial charge is 0.315 e. The first kappa shape index (κ1) is 21.7. The van der Waals surface area contributed by atoms with Crippen molar-refractivity contribution in [2.75, 3.05) is 23.7 Å². The maximum absolute atomic E-state index is 12.0. The molecule has 156 valence electrons. The number of amides is 2. The first-order chi connectivity index (χ1) is 13.7. The summed E-state index contributed by atoms with van der Waals surface area (Å²) < 4.78 is 25.3. The van der Waals surface area contributed by atoms with Gasteiger partial charge >= 0.3 is 6.03 Å². The number of nitrogens with zero attached hydrogens (tertiary/aromatic N) is 2. The highest BCUT2D eigenvalue weighted by Gasteiger charge is 2.25. The molecule has 0 spiro atoms. The molecule has 1 aliphatic heterocycles. The largest absolute Gasteiger partial charge is 0.338 e. The second-order valence-corrected chi connectivity index (χ2v) is 9.55. The van der Waals surface area contributed by atoms with Gasteiger partial charge in [-0.25, -0.2) is 18.2 Å². The number of carbonyl (C=O) groups excluding carboxylic acids is 1. The molecule has 2 aromatic rings. The summed E-state index contributed by atoms with van der Waals surface area (Å²) in [5.41, 5.74) is 2.49. The summed E-state index contributed by atoms with van der Waals surface area (Å²) in [7, 11) is -3.36. The number of sulfonamides is 1. The highest BCUT2D eigenvalue weighted by Crippen LogP contribution is 2.27. The molecule has 0 radical (unpaired) electrons. The molecule has 10 heteroatoms. The molecule has 2 N–H and O–H groups in total. The van der Waals surface area contributed by atoms with Gasteiger partial charge in [0.2, 0.25) is 10.0 Å². The Balaban J connectivity index is 1.52. The maximum atomic E-state index is 12.0. The van der Waals surface area contributed by atoms with Crippen molar-refractivity contribution in [2.24, 2.45) is 0 Å². The van der Waals surface area contributed by atoms with Crippen molar-refractivity contribution < 1.29 is 13.2 Å². The second-order valence-electron chi connectivity index (χ2n) is 6.83. The van der Waals surface area contributed by atoms with Crippen LogP contribution in [0.5, 0.6) is 0 Å². The monoisotopic (exact) mass is 456 g/mol. The second kappa shape index (κ2) is 9.19. The van der Waals surface area contributed by atoms with E-state index in [1.807, 2.05) is 12.1 Å². The van der Waals surface area contributed by atoms with Crippen LogP contribution in [0.1, 0.15) is 23.2 Å². The number of carbonyl (C=O) groups is 1. The van der Waals surface area contributed by atoms with E-state index in [1.165, 1.54) is 10.6 Å². The number of hydrogen-bond donors (Lipinski definition) is 2. The summed E-state index contributed by atoms with van der Waals surface area (Å²) in [5, 5.41) is 6.42. The lowest BCUT2D eigenvalue weighted by atomic mass is 10.1. The van der Waals surface area contributed by atoms with Gasteiger partial charge in [0.25, 0.3) is 0 Å². The number of pyridine rings is 1. The van der Waals surface area contributed by atoms with E-state index in [9.17, 15) is 13.2 Å². The van der Waals surface area contributed by atoms with Crippen LogP contribution < -0.4 is 14.9 Å². The van der Waals surface area contributed by atoms with E-state index in [0.29, 0.717) is 41.9 Å². The quantitative estimate of drug-likeness (QED) is 0.698. The summed E-state index contributed by atoms with van der Waals surface area (Å²) >= 11 is 11.8. The molecule has 1 aliphatic rings. The zero-order valence-corrected chi connectivity index (χ0v) is 18.2. The normalized spacial score (nSPS) is 13.7. The van der Waals surface area contributed by atoms with E-state index in [-0.39, 0.29) is 6.03 Å². The molecule has 0 bridgehead atoms. The van der Waals surface area contributed by atoms with Crippen molar-refractivity contribution in [3.63, 3.8) is 0 Å². The first-order valence-electron chi connectivity index (χ1n) is 9.16. The summed E-state index contributed by atoms with van der Waals surface area (Å²) in [5.74, 6) is 0.500.